The molecule has 2 amide bonds. The third-order valence-corrected chi connectivity index (χ3v) is 10.9. The van der Waals surface area contributed by atoms with Crippen molar-refractivity contribution in [2.75, 3.05) is 13.2 Å². The number of phosphoric ester groups is 1. The Bertz CT molecular complexity index is 1530. The van der Waals surface area contributed by atoms with Gasteiger partial charge in [0.2, 0.25) is 11.8 Å². The maximum absolute atomic E-state index is 13.6. The smallest absolute Gasteiger partial charge is 0.462 e. The highest BCUT2D eigenvalue weighted by atomic mass is 31.2. The van der Waals surface area contributed by atoms with E-state index in [1.807, 2.05) is 13.8 Å². The van der Waals surface area contributed by atoms with Crippen molar-refractivity contribution >= 4 is 43.5 Å². The molecule has 0 saturated carbocycles. The summed E-state index contributed by atoms with van der Waals surface area (Å²) in [5.74, 6) is -4.86. The Morgan fingerprint density at radius 1 is 0.667 bits per heavy atom. The molecule has 2 rings (SSSR count). The van der Waals surface area contributed by atoms with Gasteiger partial charge in [0.25, 0.3) is 0 Å². The number of amides is 2. The van der Waals surface area contributed by atoms with Gasteiger partial charge in [-0.25, -0.2) is 4.57 Å². The average molecular weight is 931 g/mol. The second-order valence-electron chi connectivity index (χ2n) is 15.4. The Kier molecular flexibility index (Phi) is 24.1. The largest absolute Gasteiger partial charge is 0.470 e. The van der Waals surface area contributed by atoms with Crippen LogP contribution in [0.2, 0.25) is 0 Å². The third kappa shape index (κ3) is 18.6. The van der Waals surface area contributed by atoms with Gasteiger partial charge in [0.1, 0.15) is 48.7 Å². The van der Waals surface area contributed by atoms with Gasteiger partial charge in [-0.2, -0.15) is 0 Å². The Balaban J connectivity index is 2.59. The molecule has 63 heavy (non-hydrogen) atoms. The van der Waals surface area contributed by atoms with Crippen LogP contribution < -0.4 is 10.6 Å². The van der Waals surface area contributed by atoms with Gasteiger partial charge in [0.15, 0.2) is 24.8 Å². The molecule has 2 aliphatic heterocycles. The van der Waals surface area contributed by atoms with Gasteiger partial charge >= 0.3 is 31.7 Å². The molecule has 0 spiro atoms. The fourth-order valence-electron chi connectivity index (χ4n) is 6.48. The minimum Gasteiger partial charge on any atom is -0.462 e. The molecule has 8 N–H and O–H groups in total. The number of nitrogens with one attached hydrogen (secondary N) is 2. The van der Waals surface area contributed by atoms with Gasteiger partial charge < -0.3 is 74.0 Å². The molecule has 14 atom stereocenters. The predicted octanol–water partition coefficient (Wildman–Crippen LogP) is -0.0896. The minimum absolute atomic E-state index is 0.00545. The fourth-order valence-corrected chi connectivity index (χ4v) is 7.06. The van der Waals surface area contributed by atoms with Gasteiger partial charge in [-0.15, -0.1) is 0 Å². The summed E-state index contributed by atoms with van der Waals surface area (Å²) in [6, 6.07) is -3.29. The number of carbonyl (C=O) groups excluding carboxylic acids is 6. The third-order valence-electron chi connectivity index (χ3n) is 10.4. The first-order valence-electron chi connectivity index (χ1n) is 21.3. The molecule has 4 unspecified atom stereocenters. The SMILES string of the molecule is CCC(=O)O[C@H](CC)CC(=O)NC1[C@H](OCC2O[C@H](O)C(NC(=O)C[C@H](C)CC)[C@@H](OC(=O)C[C@H](O)CC)[C@@H]2O)OC(CO)[C@@H](OP(=O)(O)O)[C@@H]1OC(=O)C[C@@H](CC)OC(=O)CC. The van der Waals surface area contributed by atoms with Crippen LogP contribution in [0.1, 0.15) is 113 Å². The number of rotatable bonds is 26. The van der Waals surface area contributed by atoms with Crippen LogP contribution in [0.15, 0.2) is 0 Å². The van der Waals surface area contributed by atoms with Crippen molar-refractivity contribution in [1.82, 2.24) is 10.6 Å². The first-order valence-corrected chi connectivity index (χ1v) is 22.8. The molecule has 0 aromatic heterocycles. The van der Waals surface area contributed by atoms with Crippen molar-refractivity contribution in [2.45, 2.75) is 192 Å². The minimum atomic E-state index is -5.49. The standard InChI is InChI=1S/C39H67N2O21P/c1-8-20(7)14-26(44)40-32-36(60-30(48)15-21(43)9-2)34(50)25(58-38(32)51)19-55-39-33(41-27(45)16-22(10-3)56-28(46)12-5)37(35(24(18-42)59-39)62-63(52,53)54)61-31(49)17-23(11-4)57-29(47)13-6/h20-25,32-39,42-43,50-51H,8-19H2,1-7H3,(H,40,44)(H,41,45)(H2,52,53,54)/t20-,21-,22-,23-,24?,25?,32?,33?,34-,35-,36-,37-,38+,39-/m1/s1. The summed E-state index contributed by atoms with van der Waals surface area (Å²) in [7, 11) is -5.49. The number of aliphatic hydroxyl groups is 4. The predicted molar refractivity (Wildman–Crippen MR) is 214 cm³/mol. The molecule has 364 valence electrons. The molecular formula is C39H67N2O21P. The molecule has 2 saturated heterocycles. The van der Waals surface area contributed by atoms with Crippen LogP contribution in [0.3, 0.4) is 0 Å². The van der Waals surface area contributed by atoms with E-state index in [1.165, 1.54) is 6.92 Å². The second-order valence-corrected chi connectivity index (χ2v) is 16.6. The highest BCUT2D eigenvalue weighted by Crippen LogP contribution is 2.42. The van der Waals surface area contributed by atoms with Gasteiger partial charge in [0, 0.05) is 19.3 Å². The second kappa shape index (κ2) is 27.2. The van der Waals surface area contributed by atoms with Crippen LogP contribution in [0.4, 0.5) is 0 Å². The van der Waals surface area contributed by atoms with E-state index in [9.17, 15) is 63.5 Å². The molecular weight excluding hydrogens is 863 g/mol. The van der Waals surface area contributed by atoms with Crippen LogP contribution >= 0.6 is 7.82 Å². The van der Waals surface area contributed by atoms with Gasteiger partial charge in [-0.1, -0.05) is 54.9 Å². The Hall–Kier alpha value is -3.35. The number of carbonyl (C=O) groups is 6. The average Bonchev–Trinajstić information content (AvgIpc) is 3.22. The lowest BCUT2D eigenvalue weighted by atomic mass is 9.95. The first kappa shape index (κ1) is 55.8. The Morgan fingerprint density at radius 2 is 1.21 bits per heavy atom. The van der Waals surface area contributed by atoms with Crippen molar-refractivity contribution in [1.29, 1.82) is 0 Å². The molecule has 0 aromatic rings. The number of hydrogen-bond donors (Lipinski definition) is 8. The summed E-state index contributed by atoms with van der Waals surface area (Å²) in [4.78, 5) is 96.8. The van der Waals surface area contributed by atoms with Gasteiger partial charge in [-0.3, -0.25) is 33.3 Å². The summed E-state index contributed by atoms with van der Waals surface area (Å²) in [5.41, 5.74) is 0. The molecule has 0 aliphatic carbocycles. The summed E-state index contributed by atoms with van der Waals surface area (Å²) in [6.45, 7) is 9.76. The van der Waals surface area contributed by atoms with Crippen molar-refractivity contribution in [2.24, 2.45) is 5.92 Å². The van der Waals surface area contributed by atoms with Crippen LogP contribution in [-0.4, -0.2) is 159 Å². The summed E-state index contributed by atoms with van der Waals surface area (Å²) < 4.78 is 56.5. The maximum atomic E-state index is 13.6. The van der Waals surface area contributed by atoms with Gasteiger partial charge in [-0.05, 0) is 25.2 Å². The lowest BCUT2D eigenvalue weighted by Gasteiger charge is -2.46. The number of esters is 4. The first-order chi connectivity index (χ1) is 29.6. The topological polar surface area (TPSA) is 339 Å². The lowest BCUT2D eigenvalue weighted by Crippen LogP contribution is -2.68. The zero-order valence-corrected chi connectivity index (χ0v) is 37.7. The van der Waals surface area contributed by atoms with Crippen molar-refractivity contribution in [3.05, 3.63) is 0 Å². The summed E-state index contributed by atoms with van der Waals surface area (Å²) in [5, 5.41) is 48.2. The van der Waals surface area contributed by atoms with E-state index >= 15 is 0 Å². The zero-order valence-electron chi connectivity index (χ0n) is 36.8. The molecule has 0 radical (unpaired) electrons. The molecule has 0 bridgehead atoms. The van der Waals surface area contributed by atoms with E-state index in [-0.39, 0.29) is 44.4 Å². The van der Waals surface area contributed by atoms with Crippen LogP contribution in [-0.2, 0) is 71.0 Å². The quantitative estimate of drug-likeness (QED) is 0.0319. The van der Waals surface area contributed by atoms with Crippen LogP contribution in [0.25, 0.3) is 0 Å². The monoisotopic (exact) mass is 930 g/mol. The number of ether oxygens (including phenoxy) is 7. The molecule has 0 aromatic carbocycles. The van der Waals surface area contributed by atoms with E-state index in [0.717, 1.165) is 0 Å². The number of aliphatic hydroxyl groups excluding tert-OH is 4. The number of hydrogen-bond acceptors (Lipinski definition) is 19. The van der Waals surface area contributed by atoms with Crippen molar-refractivity contribution in [3.63, 3.8) is 0 Å². The zero-order chi connectivity index (χ0) is 47.6. The van der Waals surface area contributed by atoms with E-state index in [4.69, 9.17) is 37.7 Å². The number of phosphoric acid groups is 1. The molecule has 2 aliphatic rings. The van der Waals surface area contributed by atoms with E-state index in [2.05, 4.69) is 10.6 Å². The normalized spacial score (nSPS) is 28.1. The van der Waals surface area contributed by atoms with E-state index < -0.39 is 156 Å². The summed E-state index contributed by atoms with van der Waals surface area (Å²) in [6.07, 6.45) is -18.2. The van der Waals surface area contributed by atoms with Gasteiger partial charge in [0.05, 0.1) is 38.6 Å². The summed E-state index contributed by atoms with van der Waals surface area (Å²) >= 11 is 0. The molecule has 2 fully saturated rings. The Labute approximate surface area is 366 Å². The lowest BCUT2D eigenvalue weighted by molar-refractivity contribution is -0.298. The molecule has 23 nitrogen and oxygen atoms in total. The molecule has 2 heterocycles. The fraction of sp³-hybridized carbons (Fsp3) is 0.846. The highest BCUT2D eigenvalue weighted by molar-refractivity contribution is 7.46. The highest BCUT2D eigenvalue weighted by Gasteiger charge is 2.54. The van der Waals surface area contributed by atoms with Crippen molar-refractivity contribution < 1.29 is 101 Å². The van der Waals surface area contributed by atoms with E-state index in [0.29, 0.717) is 6.42 Å². The van der Waals surface area contributed by atoms with Crippen LogP contribution in [0.5, 0.6) is 0 Å². The van der Waals surface area contributed by atoms with Crippen LogP contribution in [0, 0.1) is 5.92 Å². The van der Waals surface area contributed by atoms with Crippen molar-refractivity contribution in [3.8, 4) is 0 Å². The van der Waals surface area contributed by atoms with E-state index in [1.54, 1.807) is 27.7 Å². The Morgan fingerprint density at radius 3 is 1.73 bits per heavy atom. The maximum Gasteiger partial charge on any atom is 0.470 e. The molecule has 24 heteroatoms.